The molecule has 1 N–H and O–H groups in total. The number of hydrogen-bond donors (Lipinski definition) is 1. The highest BCUT2D eigenvalue weighted by Crippen LogP contribution is 2.03. The van der Waals surface area contributed by atoms with Gasteiger partial charge in [-0.25, -0.2) is 8.42 Å². The zero-order valence-electron chi connectivity index (χ0n) is 10.7. The Bertz CT molecular complexity index is 451. The molecule has 0 unspecified atom stereocenters. The zero-order chi connectivity index (χ0) is 12.9. The monoisotopic (exact) mass is 259 g/mol. The quantitative estimate of drug-likeness (QED) is 0.733. The first-order valence-corrected chi connectivity index (χ1v) is 7.75. The lowest BCUT2D eigenvalue weighted by Crippen LogP contribution is -2.24. The third-order valence-electron chi connectivity index (χ3n) is 2.62. The molecule has 0 saturated heterocycles. The van der Waals surface area contributed by atoms with E-state index in [1.54, 1.807) is 6.92 Å². The van der Waals surface area contributed by atoms with Crippen LogP contribution in [0.5, 0.6) is 0 Å². The second kappa shape index (κ2) is 6.16. The van der Waals surface area contributed by atoms with Gasteiger partial charge >= 0.3 is 0 Å². The third kappa shape index (κ3) is 4.47. The molecule has 6 heteroatoms. The summed E-state index contributed by atoms with van der Waals surface area (Å²) in [6, 6.07) is 2.02. The molecule has 0 aliphatic heterocycles. The zero-order valence-corrected chi connectivity index (χ0v) is 11.5. The number of nitrogens with zero attached hydrogens (tertiary/aromatic N) is 2. The normalized spacial score (nSPS) is 11.9. The summed E-state index contributed by atoms with van der Waals surface area (Å²) in [6.07, 6.45) is 0. The van der Waals surface area contributed by atoms with Gasteiger partial charge in [0.15, 0.2) is 9.84 Å². The van der Waals surface area contributed by atoms with Crippen LogP contribution in [-0.2, 0) is 22.9 Å². The van der Waals surface area contributed by atoms with Gasteiger partial charge in [-0.3, -0.25) is 4.68 Å². The van der Waals surface area contributed by atoms with Crippen LogP contribution < -0.4 is 5.32 Å². The molecule has 0 saturated carbocycles. The Labute approximate surface area is 103 Å². The van der Waals surface area contributed by atoms with Crippen LogP contribution in [0.4, 0.5) is 0 Å². The molecule has 0 aliphatic carbocycles. The lowest BCUT2D eigenvalue weighted by atomic mass is 10.3. The molecule has 98 valence electrons. The largest absolute Gasteiger partial charge is 0.310 e. The van der Waals surface area contributed by atoms with Crippen LogP contribution in [0.15, 0.2) is 6.07 Å². The molecule has 0 radical (unpaired) electrons. The van der Waals surface area contributed by atoms with Gasteiger partial charge in [0.25, 0.3) is 0 Å². The van der Waals surface area contributed by atoms with E-state index in [9.17, 15) is 8.42 Å². The number of sulfone groups is 1. The van der Waals surface area contributed by atoms with E-state index in [0.29, 0.717) is 13.1 Å². The average molecular weight is 259 g/mol. The predicted molar refractivity (Wildman–Crippen MR) is 68.7 cm³/mol. The molecule has 17 heavy (non-hydrogen) atoms. The van der Waals surface area contributed by atoms with E-state index in [1.165, 1.54) is 0 Å². The lowest BCUT2D eigenvalue weighted by Gasteiger charge is -2.06. The van der Waals surface area contributed by atoms with Gasteiger partial charge in [-0.15, -0.1) is 0 Å². The molecule has 5 nitrogen and oxygen atoms in total. The number of aryl methyl sites for hydroxylation is 2. The smallest absolute Gasteiger partial charge is 0.151 e. The van der Waals surface area contributed by atoms with E-state index in [2.05, 4.69) is 10.4 Å². The van der Waals surface area contributed by atoms with E-state index in [1.807, 2.05) is 24.6 Å². The predicted octanol–water partition coefficient (Wildman–Crippen LogP) is 0.736. The van der Waals surface area contributed by atoms with Gasteiger partial charge in [0, 0.05) is 25.4 Å². The molecule has 0 bridgehead atoms. The Morgan fingerprint density at radius 3 is 2.71 bits per heavy atom. The summed E-state index contributed by atoms with van der Waals surface area (Å²) >= 11 is 0. The first kappa shape index (κ1) is 14.2. The maximum atomic E-state index is 11.3. The number of rotatable bonds is 7. The van der Waals surface area contributed by atoms with Crippen molar-refractivity contribution in [1.29, 1.82) is 0 Å². The summed E-state index contributed by atoms with van der Waals surface area (Å²) < 4.78 is 24.5. The van der Waals surface area contributed by atoms with Crippen molar-refractivity contribution in [1.82, 2.24) is 15.1 Å². The summed E-state index contributed by atoms with van der Waals surface area (Å²) in [5.74, 6) is 0.406. The van der Waals surface area contributed by atoms with Crippen LogP contribution in [0.25, 0.3) is 0 Å². The number of aromatic nitrogens is 2. The second-order valence-electron chi connectivity index (χ2n) is 4.01. The SMILES string of the molecule is CCn1nc(C)cc1CNCCS(=O)(=O)CC. The Balaban J connectivity index is 2.41. The molecule has 1 aromatic rings. The molecule has 1 heterocycles. The summed E-state index contributed by atoms with van der Waals surface area (Å²) in [7, 11) is -2.87. The molecule has 0 amide bonds. The molecule has 1 rings (SSSR count). The number of nitrogens with one attached hydrogen (secondary N) is 1. The number of hydrogen-bond acceptors (Lipinski definition) is 4. The molecule has 0 aromatic carbocycles. The van der Waals surface area contributed by atoms with Gasteiger partial charge in [-0.05, 0) is 19.9 Å². The van der Waals surface area contributed by atoms with Gasteiger partial charge in [0.05, 0.1) is 17.1 Å². The first-order chi connectivity index (χ1) is 7.98. The minimum atomic E-state index is -2.87. The highest BCUT2D eigenvalue weighted by Gasteiger charge is 2.07. The van der Waals surface area contributed by atoms with E-state index in [4.69, 9.17) is 0 Å². The molecule has 0 fully saturated rings. The van der Waals surface area contributed by atoms with E-state index in [-0.39, 0.29) is 11.5 Å². The molecular formula is C11H21N3O2S. The van der Waals surface area contributed by atoms with E-state index < -0.39 is 9.84 Å². The molecule has 0 aliphatic rings. The minimum Gasteiger partial charge on any atom is -0.310 e. The molecule has 0 spiro atoms. The summed E-state index contributed by atoms with van der Waals surface area (Å²) in [5, 5.41) is 7.47. The highest BCUT2D eigenvalue weighted by molar-refractivity contribution is 7.91. The molecular weight excluding hydrogens is 238 g/mol. The average Bonchev–Trinajstić information content (AvgIpc) is 2.65. The Morgan fingerprint density at radius 1 is 1.41 bits per heavy atom. The summed E-state index contributed by atoms with van der Waals surface area (Å²) in [6.45, 7) is 7.65. The Kier molecular flexibility index (Phi) is 5.14. The maximum absolute atomic E-state index is 11.3. The van der Waals surface area contributed by atoms with Gasteiger partial charge in [0.1, 0.15) is 0 Å². The Morgan fingerprint density at radius 2 is 2.12 bits per heavy atom. The van der Waals surface area contributed by atoms with E-state index >= 15 is 0 Å². The standard InChI is InChI=1S/C11H21N3O2S/c1-4-14-11(8-10(3)13-14)9-12-6-7-17(15,16)5-2/h8,12H,4-7,9H2,1-3H3. The van der Waals surface area contributed by atoms with Gasteiger partial charge in [0.2, 0.25) is 0 Å². The van der Waals surface area contributed by atoms with Crippen molar-refractivity contribution >= 4 is 9.84 Å². The van der Waals surface area contributed by atoms with Crippen molar-refractivity contribution in [2.45, 2.75) is 33.9 Å². The topological polar surface area (TPSA) is 64.0 Å². The van der Waals surface area contributed by atoms with Crippen molar-refractivity contribution in [2.24, 2.45) is 0 Å². The van der Waals surface area contributed by atoms with Crippen LogP contribution in [0.1, 0.15) is 25.2 Å². The van der Waals surface area contributed by atoms with Crippen molar-refractivity contribution in [2.75, 3.05) is 18.1 Å². The Hall–Kier alpha value is -0.880. The van der Waals surface area contributed by atoms with Gasteiger partial charge in [-0.1, -0.05) is 6.92 Å². The van der Waals surface area contributed by atoms with Crippen LogP contribution in [0.3, 0.4) is 0 Å². The maximum Gasteiger partial charge on any atom is 0.151 e. The van der Waals surface area contributed by atoms with Crippen LogP contribution in [-0.4, -0.2) is 36.2 Å². The van der Waals surface area contributed by atoms with Crippen LogP contribution >= 0.6 is 0 Å². The lowest BCUT2D eigenvalue weighted by molar-refractivity contribution is 0.576. The van der Waals surface area contributed by atoms with Gasteiger partial charge in [-0.2, -0.15) is 5.10 Å². The van der Waals surface area contributed by atoms with Crippen molar-refractivity contribution in [3.63, 3.8) is 0 Å². The van der Waals surface area contributed by atoms with Crippen LogP contribution in [0.2, 0.25) is 0 Å². The first-order valence-electron chi connectivity index (χ1n) is 5.93. The van der Waals surface area contributed by atoms with Gasteiger partial charge < -0.3 is 5.32 Å². The van der Waals surface area contributed by atoms with Crippen molar-refractivity contribution < 1.29 is 8.42 Å². The molecule has 1 aromatic heterocycles. The fourth-order valence-electron chi connectivity index (χ4n) is 1.60. The fraction of sp³-hybridized carbons (Fsp3) is 0.727. The van der Waals surface area contributed by atoms with Crippen molar-refractivity contribution in [3.05, 3.63) is 17.5 Å². The minimum absolute atomic E-state index is 0.197. The molecule has 0 atom stereocenters. The summed E-state index contributed by atoms with van der Waals surface area (Å²) in [4.78, 5) is 0. The van der Waals surface area contributed by atoms with E-state index in [0.717, 1.165) is 17.9 Å². The van der Waals surface area contributed by atoms with Crippen molar-refractivity contribution in [3.8, 4) is 0 Å². The van der Waals surface area contributed by atoms with Crippen LogP contribution in [0, 0.1) is 6.92 Å². The fourth-order valence-corrected chi connectivity index (χ4v) is 2.35. The third-order valence-corrected chi connectivity index (χ3v) is 4.33. The highest BCUT2D eigenvalue weighted by atomic mass is 32.2. The second-order valence-corrected chi connectivity index (χ2v) is 6.48. The summed E-state index contributed by atoms with van der Waals surface area (Å²) in [5.41, 5.74) is 2.09.